The van der Waals surface area contributed by atoms with Crippen LogP contribution in [0.4, 0.5) is 19.0 Å². The molecule has 5 rings (SSSR count). The van der Waals surface area contributed by atoms with Crippen LogP contribution in [0.5, 0.6) is 0 Å². The van der Waals surface area contributed by atoms with Crippen molar-refractivity contribution in [3.63, 3.8) is 0 Å². The Balaban J connectivity index is 1.28. The van der Waals surface area contributed by atoms with Crippen LogP contribution in [0.3, 0.4) is 0 Å². The molecule has 3 aliphatic heterocycles. The summed E-state index contributed by atoms with van der Waals surface area (Å²) in [6, 6.07) is 1.64. The Hall–Kier alpha value is -1.45. The van der Waals surface area contributed by atoms with Crippen molar-refractivity contribution >= 4 is 27.4 Å². The van der Waals surface area contributed by atoms with Crippen molar-refractivity contribution in [2.75, 3.05) is 44.2 Å². The van der Waals surface area contributed by atoms with Gasteiger partial charge in [0.1, 0.15) is 17.0 Å². The van der Waals surface area contributed by atoms with Gasteiger partial charge in [-0.2, -0.15) is 13.2 Å². The first-order chi connectivity index (χ1) is 14.4. The molecule has 0 radical (unpaired) electrons. The summed E-state index contributed by atoms with van der Waals surface area (Å²) in [6.45, 7) is 5.91. The summed E-state index contributed by atoms with van der Waals surface area (Å²) in [5, 5.41) is 0.757. The van der Waals surface area contributed by atoms with Gasteiger partial charge in [-0.15, -0.1) is 11.3 Å². The number of nitrogens with zero attached hydrogens (tertiary/aromatic N) is 4. The first kappa shape index (κ1) is 20.5. The largest absolute Gasteiger partial charge is 0.393 e. The molecule has 0 aliphatic carbocycles. The second-order valence-corrected chi connectivity index (χ2v) is 10.00. The molecule has 5 nitrogen and oxygen atoms in total. The van der Waals surface area contributed by atoms with E-state index in [4.69, 9.17) is 4.74 Å². The zero-order chi connectivity index (χ0) is 20.7. The van der Waals surface area contributed by atoms with Gasteiger partial charge in [-0.3, -0.25) is 0 Å². The molecule has 3 atom stereocenters. The average molecular weight is 441 g/mol. The number of piperidine rings is 1. The number of fused-ring (bicyclic) bond motifs is 2. The lowest BCUT2D eigenvalue weighted by molar-refractivity contribution is -0.126. The molecule has 1 unspecified atom stereocenters. The molecule has 3 fully saturated rings. The lowest BCUT2D eigenvalue weighted by atomic mass is 9.88. The summed E-state index contributed by atoms with van der Waals surface area (Å²) >= 11 is 1.12. The minimum absolute atomic E-state index is 0.300. The zero-order valence-corrected chi connectivity index (χ0v) is 17.7. The van der Waals surface area contributed by atoms with E-state index >= 15 is 0 Å². The van der Waals surface area contributed by atoms with Gasteiger partial charge in [0.05, 0.1) is 17.9 Å². The van der Waals surface area contributed by atoms with E-state index in [9.17, 15) is 13.2 Å². The molecule has 0 amide bonds. The number of ether oxygens (including phenoxy) is 1. The Morgan fingerprint density at radius 2 is 1.97 bits per heavy atom. The number of aromatic nitrogens is 2. The number of hydrogen-bond acceptors (Lipinski definition) is 6. The van der Waals surface area contributed by atoms with E-state index < -0.39 is 12.6 Å². The molecule has 0 saturated carbocycles. The molecule has 0 bridgehead atoms. The van der Waals surface area contributed by atoms with Gasteiger partial charge in [0, 0.05) is 37.7 Å². The van der Waals surface area contributed by atoms with E-state index in [-0.39, 0.29) is 0 Å². The Kier molecular flexibility index (Phi) is 5.62. The van der Waals surface area contributed by atoms with Crippen molar-refractivity contribution in [2.45, 2.75) is 44.4 Å². The molecule has 2 aromatic rings. The fourth-order valence-electron chi connectivity index (χ4n) is 5.25. The van der Waals surface area contributed by atoms with Crippen molar-refractivity contribution in [3.8, 4) is 0 Å². The normalized spacial score (nSPS) is 28.2. The topological polar surface area (TPSA) is 41.5 Å². The van der Waals surface area contributed by atoms with Crippen LogP contribution in [0.15, 0.2) is 12.4 Å². The van der Waals surface area contributed by atoms with Crippen LogP contribution >= 0.6 is 11.3 Å². The van der Waals surface area contributed by atoms with Gasteiger partial charge in [0.25, 0.3) is 0 Å². The van der Waals surface area contributed by atoms with Crippen LogP contribution in [-0.4, -0.2) is 66.5 Å². The summed E-state index contributed by atoms with van der Waals surface area (Å²) < 4.78 is 44.4. The molecule has 164 valence electrons. The number of hydrogen-bond donors (Lipinski definition) is 0. The van der Waals surface area contributed by atoms with Crippen molar-refractivity contribution in [2.24, 2.45) is 11.8 Å². The SMILES string of the molecule is FC(F)(F)Cc1cc2c(N3C[C@H]4CCN(CC5CCCCO5)C[C@H]4C3)ncnc2s1. The van der Waals surface area contributed by atoms with Crippen molar-refractivity contribution in [1.29, 1.82) is 0 Å². The highest BCUT2D eigenvalue weighted by atomic mass is 32.1. The van der Waals surface area contributed by atoms with Crippen LogP contribution < -0.4 is 4.90 Å². The third-order valence-electron chi connectivity index (χ3n) is 6.65. The molecule has 3 aliphatic rings. The quantitative estimate of drug-likeness (QED) is 0.715. The highest BCUT2D eigenvalue weighted by Gasteiger charge is 2.39. The number of likely N-dealkylation sites (tertiary alicyclic amines) is 1. The molecular formula is C21H27F3N4OS. The van der Waals surface area contributed by atoms with Crippen molar-refractivity contribution in [1.82, 2.24) is 14.9 Å². The number of rotatable bonds is 4. The van der Waals surface area contributed by atoms with Gasteiger partial charge >= 0.3 is 6.18 Å². The van der Waals surface area contributed by atoms with Crippen LogP contribution in [0.1, 0.15) is 30.6 Å². The van der Waals surface area contributed by atoms with Gasteiger partial charge in [-0.25, -0.2) is 9.97 Å². The Morgan fingerprint density at radius 1 is 1.10 bits per heavy atom. The molecule has 0 N–H and O–H groups in total. The van der Waals surface area contributed by atoms with E-state index in [1.54, 1.807) is 6.07 Å². The van der Waals surface area contributed by atoms with Crippen LogP contribution in [0.25, 0.3) is 10.2 Å². The van der Waals surface area contributed by atoms with Crippen molar-refractivity contribution < 1.29 is 17.9 Å². The minimum Gasteiger partial charge on any atom is -0.377 e. The standard InChI is InChI=1S/C21H27F3N4OS/c22-21(23,24)8-17-7-18-19(25-13-26-20(18)30-17)28-10-14-4-5-27(9-15(14)11-28)12-16-3-1-2-6-29-16/h7,13-16H,1-6,8-12H2/t14-,15+,16?/m1/s1. The molecule has 2 aromatic heterocycles. The number of halogens is 3. The second-order valence-electron chi connectivity index (χ2n) is 8.88. The lowest BCUT2D eigenvalue weighted by Gasteiger charge is -2.37. The number of anilines is 1. The number of alkyl halides is 3. The number of thiophene rings is 1. The van der Waals surface area contributed by atoms with E-state index in [1.165, 1.54) is 19.2 Å². The smallest absolute Gasteiger partial charge is 0.377 e. The second kappa shape index (κ2) is 8.24. The average Bonchev–Trinajstić information content (AvgIpc) is 3.30. The van der Waals surface area contributed by atoms with Crippen molar-refractivity contribution in [3.05, 3.63) is 17.3 Å². The zero-order valence-electron chi connectivity index (χ0n) is 16.9. The fourth-order valence-corrected chi connectivity index (χ4v) is 6.27. The van der Waals surface area contributed by atoms with E-state index in [0.717, 1.165) is 74.7 Å². The van der Waals surface area contributed by atoms with Crippen LogP contribution in [0, 0.1) is 11.8 Å². The Morgan fingerprint density at radius 3 is 2.77 bits per heavy atom. The maximum Gasteiger partial charge on any atom is 0.393 e. The van der Waals surface area contributed by atoms with Gasteiger partial charge in [0.2, 0.25) is 0 Å². The van der Waals surface area contributed by atoms with Gasteiger partial charge < -0.3 is 14.5 Å². The van der Waals surface area contributed by atoms with Gasteiger partial charge in [0.15, 0.2) is 0 Å². The molecule has 0 aromatic carbocycles. The summed E-state index contributed by atoms with van der Waals surface area (Å²) in [5.74, 6) is 1.98. The monoisotopic (exact) mass is 440 g/mol. The third-order valence-corrected chi connectivity index (χ3v) is 7.70. The first-order valence-corrected chi connectivity index (χ1v) is 11.7. The Labute approximate surface area is 178 Å². The summed E-state index contributed by atoms with van der Waals surface area (Å²) in [6.07, 6.45) is 1.50. The summed E-state index contributed by atoms with van der Waals surface area (Å²) in [5.41, 5.74) is 0. The highest BCUT2D eigenvalue weighted by Crippen LogP contribution is 2.38. The molecule has 30 heavy (non-hydrogen) atoms. The van der Waals surface area contributed by atoms with Crippen LogP contribution in [-0.2, 0) is 11.2 Å². The minimum atomic E-state index is -4.21. The van der Waals surface area contributed by atoms with E-state index in [2.05, 4.69) is 19.8 Å². The van der Waals surface area contributed by atoms with Gasteiger partial charge in [-0.05, 0) is 50.1 Å². The lowest BCUT2D eigenvalue weighted by Crippen LogP contribution is -2.44. The molecule has 0 spiro atoms. The maximum absolute atomic E-state index is 12.8. The molecule has 5 heterocycles. The molecular weight excluding hydrogens is 413 g/mol. The Bertz CT molecular complexity index is 883. The van der Waals surface area contributed by atoms with E-state index in [0.29, 0.717) is 27.6 Å². The predicted molar refractivity (Wildman–Crippen MR) is 111 cm³/mol. The van der Waals surface area contributed by atoms with E-state index in [1.807, 2.05) is 0 Å². The highest BCUT2D eigenvalue weighted by molar-refractivity contribution is 7.18. The summed E-state index contributed by atoms with van der Waals surface area (Å²) in [7, 11) is 0. The maximum atomic E-state index is 12.8. The summed E-state index contributed by atoms with van der Waals surface area (Å²) in [4.78, 5) is 14.5. The van der Waals surface area contributed by atoms with Crippen LogP contribution in [0.2, 0.25) is 0 Å². The molecule has 3 saturated heterocycles. The fraction of sp³-hybridized carbons (Fsp3) is 0.714. The molecule has 9 heteroatoms. The van der Waals surface area contributed by atoms with Gasteiger partial charge in [-0.1, -0.05) is 0 Å². The predicted octanol–water partition coefficient (Wildman–Crippen LogP) is 4.12. The third kappa shape index (κ3) is 4.43. The first-order valence-electron chi connectivity index (χ1n) is 10.8.